The third kappa shape index (κ3) is 4.75. The van der Waals surface area contributed by atoms with E-state index in [9.17, 15) is 9.59 Å². The van der Waals surface area contributed by atoms with Crippen LogP contribution in [0.2, 0.25) is 0 Å². The predicted molar refractivity (Wildman–Crippen MR) is 120 cm³/mol. The number of benzene rings is 2. The molecular weight excluding hydrogens is 372 g/mol. The Bertz CT molecular complexity index is 895. The molecule has 0 radical (unpaired) electrons. The summed E-state index contributed by atoms with van der Waals surface area (Å²) in [5.41, 5.74) is 2.95. The maximum atomic E-state index is 13.5. The van der Waals surface area contributed by atoms with E-state index in [1.54, 1.807) is 0 Å². The molecule has 0 saturated heterocycles. The minimum atomic E-state index is -0.0895. The molecule has 1 N–H and O–H groups in total. The van der Waals surface area contributed by atoms with E-state index >= 15 is 0 Å². The van der Waals surface area contributed by atoms with Gasteiger partial charge in [-0.25, -0.2) is 0 Å². The summed E-state index contributed by atoms with van der Waals surface area (Å²) in [5, 5.41) is 2.85. The van der Waals surface area contributed by atoms with Gasteiger partial charge in [-0.3, -0.25) is 9.59 Å². The van der Waals surface area contributed by atoms with Crippen LogP contribution in [-0.4, -0.2) is 16.7 Å². The quantitative estimate of drug-likeness (QED) is 0.657. The number of amides is 2. The van der Waals surface area contributed by atoms with E-state index in [-0.39, 0.29) is 17.9 Å². The van der Waals surface area contributed by atoms with Crippen molar-refractivity contribution in [3.8, 4) is 0 Å². The summed E-state index contributed by atoms with van der Waals surface area (Å²) < 4.78 is 0. The number of hydrogen-bond acceptors (Lipinski definition) is 2. The summed E-state index contributed by atoms with van der Waals surface area (Å²) in [6, 6.07) is 18.0. The third-order valence-corrected chi connectivity index (χ3v) is 6.99. The molecular formula is C26H32N2O2. The van der Waals surface area contributed by atoms with Crippen LogP contribution < -0.4 is 5.32 Å². The molecule has 4 nitrogen and oxygen atoms in total. The Kier molecular flexibility index (Phi) is 6.21. The van der Waals surface area contributed by atoms with Gasteiger partial charge in [0.25, 0.3) is 0 Å². The molecule has 158 valence electrons. The van der Waals surface area contributed by atoms with Crippen LogP contribution in [0, 0.1) is 17.8 Å². The van der Waals surface area contributed by atoms with Crippen LogP contribution in [0.5, 0.6) is 0 Å². The fourth-order valence-electron chi connectivity index (χ4n) is 5.45. The summed E-state index contributed by atoms with van der Waals surface area (Å²) in [4.78, 5) is 27.0. The monoisotopic (exact) mass is 404 g/mol. The average molecular weight is 405 g/mol. The maximum Gasteiger partial charge on any atom is 0.223 e. The molecule has 2 saturated carbocycles. The Balaban J connectivity index is 1.54. The second kappa shape index (κ2) is 9.03. The summed E-state index contributed by atoms with van der Waals surface area (Å²) in [7, 11) is 0. The lowest BCUT2D eigenvalue weighted by atomic mass is 9.86. The molecule has 2 bridgehead atoms. The van der Waals surface area contributed by atoms with Crippen molar-refractivity contribution in [2.75, 3.05) is 5.32 Å². The van der Waals surface area contributed by atoms with E-state index in [0.29, 0.717) is 18.9 Å². The van der Waals surface area contributed by atoms with Crippen LogP contribution in [0.1, 0.15) is 63.1 Å². The number of fused-ring (bicyclic) bond motifs is 2. The first-order chi connectivity index (χ1) is 14.5. The van der Waals surface area contributed by atoms with Crippen molar-refractivity contribution in [1.29, 1.82) is 0 Å². The molecule has 2 aliphatic carbocycles. The van der Waals surface area contributed by atoms with Gasteiger partial charge in [0.1, 0.15) is 0 Å². The van der Waals surface area contributed by atoms with E-state index < -0.39 is 0 Å². The number of nitrogens with one attached hydrogen (secondary N) is 1. The summed E-state index contributed by atoms with van der Waals surface area (Å²) in [5.74, 6) is 2.30. The van der Waals surface area contributed by atoms with Gasteiger partial charge in [-0.2, -0.15) is 0 Å². The number of carbonyl (C=O) groups excluding carboxylic acids is 2. The standard InChI is InChI=1S/C26H32N2O2/c1-18(22-9-6-10-25(15-22)27-19(2)29)28(17-20-7-4-3-5-8-20)26(30)16-24-14-21-11-12-23(24)13-21/h3-10,15,18,21,23-24H,11-14,16-17H2,1-2H3,(H,27,29). The molecule has 0 aliphatic heterocycles. The first-order valence-corrected chi connectivity index (χ1v) is 11.2. The normalized spacial score (nSPS) is 23.2. The van der Waals surface area contributed by atoms with Crippen molar-refractivity contribution < 1.29 is 9.59 Å². The SMILES string of the molecule is CC(=O)Nc1cccc(C(C)N(Cc2ccccc2)C(=O)CC2CC3CCC2C3)c1. The molecule has 2 amide bonds. The zero-order valence-corrected chi connectivity index (χ0v) is 18.0. The van der Waals surface area contributed by atoms with Gasteiger partial charge in [-0.15, -0.1) is 0 Å². The Morgan fingerprint density at radius 3 is 2.53 bits per heavy atom. The third-order valence-electron chi connectivity index (χ3n) is 6.99. The lowest BCUT2D eigenvalue weighted by Crippen LogP contribution is -2.35. The minimum absolute atomic E-state index is 0.0648. The van der Waals surface area contributed by atoms with E-state index in [1.807, 2.05) is 47.4 Å². The van der Waals surface area contributed by atoms with Crippen LogP contribution in [0.25, 0.3) is 0 Å². The van der Waals surface area contributed by atoms with Gasteiger partial charge in [0.2, 0.25) is 11.8 Å². The van der Waals surface area contributed by atoms with Crippen molar-refractivity contribution in [1.82, 2.24) is 4.90 Å². The van der Waals surface area contributed by atoms with Gasteiger partial charge >= 0.3 is 0 Å². The van der Waals surface area contributed by atoms with Crippen molar-refractivity contribution in [3.63, 3.8) is 0 Å². The van der Waals surface area contributed by atoms with Crippen molar-refractivity contribution in [2.45, 2.75) is 58.5 Å². The summed E-state index contributed by atoms with van der Waals surface area (Å²) >= 11 is 0. The van der Waals surface area contributed by atoms with E-state index in [0.717, 1.165) is 28.7 Å². The summed E-state index contributed by atoms with van der Waals surface area (Å²) in [6.45, 7) is 4.21. The number of nitrogens with zero attached hydrogens (tertiary/aromatic N) is 1. The Morgan fingerprint density at radius 1 is 1.07 bits per heavy atom. The zero-order chi connectivity index (χ0) is 21.1. The average Bonchev–Trinajstić information content (AvgIpc) is 3.35. The fourth-order valence-corrected chi connectivity index (χ4v) is 5.45. The van der Waals surface area contributed by atoms with Crippen LogP contribution >= 0.6 is 0 Å². The van der Waals surface area contributed by atoms with Gasteiger partial charge in [-0.1, -0.05) is 48.9 Å². The van der Waals surface area contributed by atoms with Crippen molar-refractivity contribution in [3.05, 3.63) is 65.7 Å². The van der Waals surface area contributed by atoms with E-state index in [1.165, 1.54) is 32.6 Å². The van der Waals surface area contributed by atoms with E-state index in [4.69, 9.17) is 0 Å². The van der Waals surface area contributed by atoms with Crippen molar-refractivity contribution >= 4 is 17.5 Å². The zero-order valence-electron chi connectivity index (χ0n) is 18.0. The van der Waals surface area contributed by atoms with Gasteiger partial charge in [0.05, 0.1) is 6.04 Å². The molecule has 0 aromatic heterocycles. The van der Waals surface area contributed by atoms with E-state index in [2.05, 4.69) is 24.4 Å². The fraction of sp³-hybridized carbons (Fsp3) is 0.462. The molecule has 2 aromatic carbocycles. The molecule has 30 heavy (non-hydrogen) atoms. The van der Waals surface area contributed by atoms with Crippen LogP contribution in [0.15, 0.2) is 54.6 Å². The highest BCUT2D eigenvalue weighted by Gasteiger charge is 2.41. The highest BCUT2D eigenvalue weighted by Crippen LogP contribution is 2.49. The van der Waals surface area contributed by atoms with Gasteiger partial charge in [-0.05, 0) is 67.2 Å². The molecule has 4 atom stereocenters. The molecule has 2 fully saturated rings. The minimum Gasteiger partial charge on any atom is -0.332 e. The lowest BCUT2D eigenvalue weighted by molar-refractivity contribution is -0.135. The Morgan fingerprint density at radius 2 is 1.87 bits per heavy atom. The highest BCUT2D eigenvalue weighted by atomic mass is 16.2. The van der Waals surface area contributed by atoms with Gasteiger partial charge in [0, 0.05) is 25.6 Å². The second-order valence-corrected chi connectivity index (χ2v) is 9.13. The first-order valence-electron chi connectivity index (χ1n) is 11.2. The van der Waals surface area contributed by atoms with Crippen LogP contribution in [-0.2, 0) is 16.1 Å². The highest BCUT2D eigenvalue weighted by molar-refractivity contribution is 5.88. The first kappa shape index (κ1) is 20.6. The topological polar surface area (TPSA) is 49.4 Å². The Hall–Kier alpha value is -2.62. The van der Waals surface area contributed by atoms with Crippen LogP contribution in [0.3, 0.4) is 0 Å². The molecule has 4 rings (SSSR count). The van der Waals surface area contributed by atoms with Gasteiger partial charge < -0.3 is 10.2 Å². The molecule has 0 heterocycles. The molecule has 0 spiro atoms. The smallest absolute Gasteiger partial charge is 0.223 e. The Labute approximate surface area is 179 Å². The molecule has 4 unspecified atom stereocenters. The predicted octanol–water partition coefficient (Wildman–Crippen LogP) is 5.56. The molecule has 2 aliphatic rings. The number of carbonyl (C=O) groups is 2. The van der Waals surface area contributed by atoms with Crippen LogP contribution in [0.4, 0.5) is 5.69 Å². The molecule has 2 aromatic rings. The summed E-state index contributed by atoms with van der Waals surface area (Å²) in [6.07, 6.45) is 5.86. The second-order valence-electron chi connectivity index (χ2n) is 9.13. The largest absolute Gasteiger partial charge is 0.332 e. The molecule has 4 heteroatoms. The lowest BCUT2D eigenvalue weighted by Gasteiger charge is -2.32. The van der Waals surface area contributed by atoms with Crippen molar-refractivity contribution in [2.24, 2.45) is 17.8 Å². The number of rotatable bonds is 7. The number of anilines is 1. The number of hydrogen-bond donors (Lipinski definition) is 1. The van der Waals surface area contributed by atoms with Gasteiger partial charge in [0.15, 0.2) is 0 Å². The maximum absolute atomic E-state index is 13.5.